The van der Waals surface area contributed by atoms with Crippen LogP contribution < -0.4 is 5.48 Å². The largest absolute Gasteiger partial charge is 0.481 e. The third kappa shape index (κ3) is 4.20. The van der Waals surface area contributed by atoms with Gasteiger partial charge in [0.1, 0.15) is 5.92 Å². The minimum absolute atomic E-state index is 0.166. The lowest BCUT2D eigenvalue weighted by Crippen LogP contribution is -2.43. The Bertz CT molecular complexity index is 846. The van der Waals surface area contributed by atoms with Crippen LogP contribution in [-0.2, 0) is 20.0 Å². The molecule has 3 aromatic carbocycles. The molecule has 5 nitrogen and oxygen atoms in total. The number of benzene rings is 3. The molecule has 0 aliphatic carbocycles. The van der Waals surface area contributed by atoms with E-state index in [1.807, 2.05) is 91.0 Å². The number of rotatable bonds is 8. The zero-order valence-corrected chi connectivity index (χ0v) is 16.1. The summed E-state index contributed by atoms with van der Waals surface area (Å²) in [5.74, 6) is -3.06. The molecule has 0 saturated carbocycles. The minimum Gasteiger partial charge on any atom is -0.481 e. The van der Waals surface area contributed by atoms with Gasteiger partial charge in [0.2, 0.25) is 0 Å². The second-order valence-corrected chi connectivity index (χ2v) is 6.65. The van der Waals surface area contributed by atoms with E-state index >= 15 is 0 Å². The van der Waals surface area contributed by atoms with E-state index in [1.165, 1.54) is 0 Å². The van der Waals surface area contributed by atoms with Gasteiger partial charge in [0.15, 0.2) is 5.60 Å². The quantitative estimate of drug-likeness (QED) is 0.345. The highest BCUT2D eigenvalue weighted by Crippen LogP contribution is 2.39. The molecule has 1 amide bonds. The molecule has 29 heavy (non-hydrogen) atoms. The molecule has 0 fully saturated rings. The number of carbonyl (C=O) groups is 2. The van der Waals surface area contributed by atoms with Crippen LogP contribution in [0.4, 0.5) is 0 Å². The number of aliphatic carboxylic acids is 1. The third-order valence-electron chi connectivity index (χ3n) is 4.87. The summed E-state index contributed by atoms with van der Waals surface area (Å²) in [5, 5.41) is 9.31. The Labute approximate surface area is 169 Å². The Balaban J connectivity index is 2.13. The number of carboxylic acids is 1. The van der Waals surface area contributed by atoms with Gasteiger partial charge in [0.25, 0.3) is 5.91 Å². The van der Waals surface area contributed by atoms with E-state index in [0.29, 0.717) is 0 Å². The van der Waals surface area contributed by atoms with Gasteiger partial charge in [-0.25, -0.2) is 5.48 Å². The molecule has 0 aromatic heterocycles. The molecule has 2 N–H and O–H groups in total. The Hall–Kier alpha value is -3.44. The average molecular weight is 389 g/mol. The average Bonchev–Trinajstić information content (AvgIpc) is 2.77. The first-order valence-corrected chi connectivity index (χ1v) is 9.46. The van der Waals surface area contributed by atoms with Crippen LogP contribution in [0.3, 0.4) is 0 Å². The maximum Gasteiger partial charge on any atom is 0.316 e. The molecule has 3 aromatic rings. The van der Waals surface area contributed by atoms with Gasteiger partial charge in [0, 0.05) is 0 Å². The molecule has 5 heteroatoms. The lowest BCUT2D eigenvalue weighted by Gasteiger charge is -2.35. The highest BCUT2D eigenvalue weighted by molar-refractivity contribution is 5.96. The van der Waals surface area contributed by atoms with Crippen LogP contribution in [0, 0.1) is 5.92 Å². The van der Waals surface area contributed by atoms with Gasteiger partial charge in [-0.05, 0) is 23.1 Å². The lowest BCUT2D eigenvalue weighted by molar-refractivity contribution is -0.157. The number of carbonyl (C=O) groups excluding carboxylic acids is 1. The molecule has 0 aliphatic heterocycles. The number of hydrogen-bond donors (Lipinski definition) is 2. The van der Waals surface area contributed by atoms with Gasteiger partial charge in [0.05, 0.1) is 0 Å². The smallest absolute Gasteiger partial charge is 0.316 e. The summed E-state index contributed by atoms with van der Waals surface area (Å²) in [6.07, 6.45) is 0.166. The molecule has 3 rings (SSSR count). The monoisotopic (exact) mass is 389 g/mol. The van der Waals surface area contributed by atoms with E-state index in [4.69, 9.17) is 4.84 Å². The van der Waals surface area contributed by atoms with Gasteiger partial charge >= 0.3 is 5.97 Å². The van der Waals surface area contributed by atoms with Gasteiger partial charge in [-0.2, -0.15) is 0 Å². The van der Waals surface area contributed by atoms with Crippen molar-refractivity contribution in [1.82, 2.24) is 5.48 Å². The molecule has 1 unspecified atom stereocenters. The summed E-state index contributed by atoms with van der Waals surface area (Å²) < 4.78 is 0. The van der Waals surface area contributed by atoms with Crippen molar-refractivity contribution in [3.05, 3.63) is 108 Å². The molecule has 0 radical (unpaired) electrons. The standard InChI is InChI=1S/C24H23NO4/c1-2-21(23(27)28)22(26)25-29-24(18-12-6-3-7-13-18,19-14-8-4-9-15-19)20-16-10-5-11-17-20/h3-17,21H,2H2,1H3,(H,25,26)(H,27,28). The molecule has 0 bridgehead atoms. The number of nitrogens with one attached hydrogen (secondary N) is 1. The maximum absolute atomic E-state index is 12.5. The summed E-state index contributed by atoms with van der Waals surface area (Å²) in [4.78, 5) is 30.0. The van der Waals surface area contributed by atoms with Crippen molar-refractivity contribution in [1.29, 1.82) is 0 Å². The summed E-state index contributed by atoms with van der Waals surface area (Å²) in [6.45, 7) is 1.65. The van der Waals surface area contributed by atoms with Crippen molar-refractivity contribution in [3.63, 3.8) is 0 Å². The van der Waals surface area contributed by atoms with Crippen LogP contribution >= 0.6 is 0 Å². The lowest BCUT2D eigenvalue weighted by atomic mass is 9.80. The molecular formula is C24H23NO4. The van der Waals surface area contributed by atoms with Crippen molar-refractivity contribution < 1.29 is 19.5 Å². The molecular weight excluding hydrogens is 366 g/mol. The van der Waals surface area contributed by atoms with Gasteiger partial charge in [-0.15, -0.1) is 0 Å². The Morgan fingerprint density at radius 3 is 1.52 bits per heavy atom. The van der Waals surface area contributed by atoms with Crippen molar-refractivity contribution in [2.45, 2.75) is 18.9 Å². The predicted octanol–water partition coefficient (Wildman–Crippen LogP) is 4.14. The van der Waals surface area contributed by atoms with Crippen molar-refractivity contribution in [2.75, 3.05) is 0 Å². The number of hydrogen-bond acceptors (Lipinski definition) is 3. The van der Waals surface area contributed by atoms with Crippen LogP contribution in [0.2, 0.25) is 0 Å². The van der Waals surface area contributed by atoms with E-state index in [9.17, 15) is 14.7 Å². The van der Waals surface area contributed by atoms with E-state index in [2.05, 4.69) is 5.48 Å². The van der Waals surface area contributed by atoms with E-state index in [1.54, 1.807) is 6.92 Å². The summed E-state index contributed by atoms with van der Waals surface area (Å²) in [6, 6.07) is 28.6. The topological polar surface area (TPSA) is 75.6 Å². The Kier molecular flexibility index (Phi) is 6.42. The molecule has 0 heterocycles. The zero-order chi connectivity index (χ0) is 20.7. The first-order valence-electron chi connectivity index (χ1n) is 9.46. The fourth-order valence-electron chi connectivity index (χ4n) is 3.37. The SMILES string of the molecule is CCC(C(=O)O)C(=O)NOC(c1ccccc1)(c1ccccc1)c1ccccc1. The Morgan fingerprint density at radius 2 is 1.21 bits per heavy atom. The van der Waals surface area contributed by atoms with Crippen molar-refractivity contribution in [2.24, 2.45) is 5.92 Å². The normalized spacial score (nSPS) is 12.2. The fraction of sp³-hybridized carbons (Fsp3) is 0.167. The predicted molar refractivity (Wildman–Crippen MR) is 110 cm³/mol. The van der Waals surface area contributed by atoms with Crippen LogP contribution in [0.1, 0.15) is 30.0 Å². The zero-order valence-electron chi connectivity index (χ0n) is 16.1. The van der Waals surface area contributed by atoms with Gasteiger partial charge in [-0.1, -0.05) is 97.9 Å². The van der Waals surface area contributed by atoms with Gasteiger partial charge in [-0.3, -0.25) is 14.4 Å². The summed E-state index contributed by atoms with van der Waals surface area (Å²) in [5.41, 5.74) is 3.71. The number of amides is 1. The molecule has 0 aliphatic rings. The molecule has 0 spiro atoms. The minimum atomic E-state index is -1.19. The van der Waals surface area contributed by atoms with Crippen LogP contribution in [0.5, 0.6) is 0 Å². The van der Waals surface area contributed by atoms with Crippen molar-refractivity contribution >= 4 is 11.9 Å². The van der Waals surface area contributed by atoms with Crippen LogP contribution in [0.15, 0.2) is 91.0 Å². The van der Waals surface area contributed by atoms with Crippen LogP contribution in [-0.4, -0.2) is 17.0 Å². The number of hydroxylamine groups is 1. The highest BCUT2D eigenvalue weighted by atomic mass is 16.7. The van der Waals surface area contributed by atoms with E-state index < -0.39 is 23.4 Å². The second-order valence-electron chi connectivity index (χ2n) is 6.65. The van der Waals surface area contributed by atoms with E-state index in [0.717, 1.165) is 16.7 Å². The van der Waals surface area contributed by atoms with Crippen molar-refractivity contribution in [3.8, 4) is 0 Å². The molecule has 1 atom stereocenters. The Morgan fingerprint density at radius 1 is 0.828 bits per heavy atom. The second kappa shape index (κ2) is 9.17. The first-order chi connectivity index (χ1) is 14.1. The summed E-state index contributed by atoms with van der Waals surface area (Å²) >= 11 is 0. The molecule has 148 valence electrons. The third-order valence-corrected chi connectivity index (χ3v) is 4.87. The van der Waals surface area contributed by atoms with Crippen LogP contribution in [0.25, 0.3) is 0 Å². The molecule has 0 saturated heterocycles. The van der Waals surface area contributed by atoms with Gasteiger partial charge < -0.3 is 5.11 Å². The first kappa shape index (κ1) is 20.3. The summed E-state index contributed by atoms with van der Waals surface area (Å²) in [7, 11) is 0. The number of carboxylic acid groups (broad SMARTS) is 1. The highest BCUT2D eigenvalue weighted by Gasteiger charge is 2.39. The fourth-order valence-corrected chi connectivity index (χ4v) is 3.37. The maximum atomic E-state index is 12.5. The van der Waals surface area contributed by atoms with E-state index in [-0.39, 0.29) is 6.42 Å².